The van der Waals surface area contributed by atoms with Crippen LogP contribution in [-0.2, 0) is 17.6 Å². The Hall–Kier alpha value is -3.47. The van der Waals surface area contributed by atoms with E-state index in [9.17, 15) is 9.59 Å². The highest BCUT2D eigenvalue weighted by Crippen LogP contribution is 2.32. The molecule has 0 atom stereocenters. The Morgan fingerprint density at radius 1 is 1.04 bits per heavy atom. The summed E-state index contributed by atoms with van der Waals surface area (Å²) < 4.78 is 0. The average molecular weight is 357 g/mol. The molecular formula is C22H19N3O2. The third kappa shape index (κ3) is 3.72. The Morgan fingerprint density at radius 3 is 2.67 bits per heavy atom. The highest BCUT2D eigenvalue weighted by Gasteiger charge is 2.26. The SMILES string of the molecule is O=C(Cc1ccccc1)Nc1ccc2c(c1)N(C(=O)c1cccnc1)CC2. The summed E-state index contributed by atoms with van der Waals surface area (Å²) in [5.41, 5.74) is 4.17. The molecule has 1 aliphatic rings. The lowest BCUT2D eigenvalue weighted by molar-refractivity contribution is -0.115. The number of pyridine rings is 1. The molecule has 5 heteroatoms. The molecule has 0 bridgehead atoms. The van der Waals surface area contributed by atoms with Crippen LogP contribution < -0.4 is 10.2 Å². The van der Waals surface area contributed by atoms with Crippen LogP contribution in [0.3, 0.4) is 0 Å². The van der Waals surface area contributed by atoms with E-state index in [-0.39, 0.29) is 11.8 Å². The van der Waals surface area contributed by atoms with Gasteiger partial charge in [0.05, 0.1) is 12.0 Å². The van der Waals surface area contributed by atoms with Gasteiger partial charge in [-0.05, 0) is 41.8 Å². The number of amides is 2. The van der Waals surface area contributed by atoms with Gasteiger partial charge < -0.3 is 10.2 Å². The van der Waals surface area contributed by atoms with Gasteiger partial charge in [-0.2, -0.15) is 0 Å². The maximum absolute atomic E-state index is 12.8. The average Bonchev–Trinajstić information content (AvgIpc) is 3.12. The van der Waals surface area contributed by atoms with Crippen molar-refractivity contribution in [1.29, 1.82) is 0 Å². The minimum atomic E-state index is -0.0794. The van der Waals surface area contributed by atoms with E-state index in [4.69, 9.17) is 0 Å². The third-order valence-corrected chi connectivity index (χ3v) is 4.63. The van der Waals surface area contributed by atoms with Crippen LogP contribution >= 0.6 is 0 Å². The summed E-state index contributed by atoms with van der Waals surface area (Å²) in [4.78, 5) is 30.9. The largest absolute Gasteiger partial charge is 0.326 e. The standard InChI is InChI=1S/C22H19N3O2/c26-21(13-16-5-2-1-3-6-16)24-19-9-8-17-10-12-25(20(17)14-19)22(27)18-7-4-11-23-15-18/h1-9,11,14-15H,10,12-13H2,(H,24,26). The van der Waals surface area contributed by atoms with Crippen LogP contribution in [0.15, 0.2) is 73.1 Å². The second-order valence-corrected chi connectivity index (χ2v) is 6.50. The van der Waals surface area contributed by atoms with E-state index in [1.807, 2.05) is 48.5 Å². The number of carbonyl (C=O) groups excluding carboxylic acids is 2. The van der Waals surface area contributed by atoms with E-state index in [1.165, 1.54) is 0 Å². The molecule has 1 aliphatic heterocycles. The van der Waals surface area contributed by atoms with Crippen molar-refractivity contribution in [2.45, 2.75) is 12.8 Å². The predicted octanol–water partition coefficient (Wildman–Crippen LogP) is 3.47. The van der Waals surface area contributed by atoms with Gasteiger partial charge in [0, 0.05) is 30.3 Å². The Kier molecular flexibility index (Phi) is 4.66. The second-order valence-electron chi connectivity index (χ2n) is 6.50. The van der Waals surface area contributed by atoms with Crippen molar-refractivity contribution in [1.82, 2.24) is 4.98 Å². The lowest BCUT2D eigenvalue weighted by atomic mass is 10.1. The maximum atomic E-state index is 12.8. The molecule has 5 nitrogen and oxygen atoms in total. The van der Waals surface area contributed by atoms with Crippen LogP contribution in [0.5, 0.6) is 0 Å². The minimum Gasteiger partial charge on any atom is -0.326 e. The fraction of sp³-hybridized carbons (Fsp3) is 0.136. The summed E-state index contributed by atoms with van der Waals surface area (Å²) in [5, 5.41) is 2.93. The molecule has 0 aliphatic carbocycles. The van der Waals surface area contributed by atoms with Crippen LogP contribution in [0.4, 0.5) is 11.4 Å². The highest BCUT2D eigenvalue weighted by molar-refractivity contribution is 6.07. The normalized spacial score (nSPS) is 12.5. The zero-order valence-corrected chi connectivity index (χ0v) is 14.8. The van der Waals surface area contributed by atoms with Crippen molar-refractivity contribution in [2.24, 2.45) is 0 Å². The van der Waals surface area contributed by atoms with Crippen LogP contribution in [0, 0.1) is 0 Å². The van der Waals surface area contributed by atoms with Gasteiger partial charge in [0.15, 0.2) is 0 Å². The number of nitrogens with zero attached hydrogens (tertiary/aromatic N) is 2. The van der Waals surface area contributed by atoms with E-state index >= 15 is 0 Å². The molecular weight excluding hydrogens is 338 g/mol. The number of nitrogens with one attached hydrogen (secondary N) is 1. The van der Waals surface area contributed by atoms with Crippen molar-refractivity contribution in [3.63, 3.8) is 0 Å². The van der Waals surface area contributed by atoms with Crippen molar-refractivity contribution >= 4 is 23.2 Å². The number of anilines is 2. The van der Waals surface area contributed by atoms with E-state index in [1.54, 1.807) is 29.4 Å². The molecule has 2 aromatic carbocycles. The van der Waals surface area contributed by atoms with Crippen molar-refractivity contribution in [3.05, 3.63) is 89.7 Å². The van der Waals surface area contributed by atoms with Crippen LogP contribution in [-0.4, -0.2) is 23.3 Å². The molecule has 4 rings (SSSR count). The van der Waals surface area contributed by atoms with Crippen LogP contribution in [0.1, 0.15) is 21.5 Å². The first kappa shape index (κ1) is 17.0. The Labute approximate surface area is 157 Å². The minimum absolute atomic E-state index is 0.0744. The summed E-state index contributed by atoms with van der Waals surface area (Å²) in [6.45, 7) is 0.629. The van der Waals surface area contributed by atoms with Gasteiger partial charge >= 0.3 is 0 Å². The maximum Gasteiger partial charge on any atom is 0.259 e. The van der Waals surface area contributed by atoms with Gasteiger partial charge in [-0.15, -0.1) is 0 Å². The van der Waals surface area contributed by atoms with Crippen LogP contribution in [0.2, 0.25) is 0 Å². The van der Waals surface area contributed by atoms with Gasteiger partial charge in [0.25, 0.3) is 5.91 Å². The smallest absolute Gasteiger partial charge is 0.259 e. The topological polar surface area (TPSA) is 62.3 Å². The molecule has 134 valence electrons. The highest BCUT2D eigenvalue weighted by atomic mass is 16.2. The number of hydrogen-bond donors (Lipinski definition) is 1. The molecule has 0 saturated carbocycles. The van der Waals surface area contributed by atoms with E-state index < -0.39 is 0 Å². The fourth-order valence-electron chi connectivity index (χ4n) is 3.30. The first-order chi connectivity index (χ1) is 13.2. The van der Waals surface area contributed by atoms with E-state index in [0.29, 0.717) is 24.2 Å². The molecule has 0 radical (unpaired) electrons. The Morgan fingerprint density at radius 2 is 1.89 bits per heavy atom. The summed E-state index contributed by atoms with van der Waals surface area (Å²) in [7, 11) is 0. The van der Waals surface area contributed by atoms with Gasteiger partial charge in [0.2, 0.25) is 5.91 Å². The molecule has 0 unspecified atom stereocenters. The van der Waals surface area contributed by atoms with Crippen LogP contribution in [0.25, 0.3) is 0 Å². The molecule has 2 heterocycles. The summed E-state index contributed by atoms with van der Waals surface area (Å²) in [5.74, 6) is -0.154. The number of carbonyl (C=O) groups is 2. The van der Waals surface area contributed by atoms with Crippen molar-refractivity contribution in [3.8, 4) is 0 Å². The zero-order chi connectivity index (χ0) is 18.6. The number of fused-ring (bicyclic) bond motifs is 1. The second kappa shape index (κ2) is 7.41. The Bertz CT molecular complexity index is 971. The quantitative estimate of drug-likeness (QED) is 0.778. The van der Waals surface area contributed by atoms with Gasteiger partial charge in [-0.1, -0.05) is 36.4 Å². The molecule has 0 fully saturated rings. The van der Waals surface area contributed by atoms with E-state index in [0.717, 1.165) is 23.2 Å². The Balaban J connectivity index is 1.51. The number of hydrogen-bond acceptors (Lipinski definition) is 3. The fourth-order valence-corrected chi connectivity index (χ4v) is 3.30. The zero-order valence-electron chi connectivity index (χ0n) is 14.8. The number of aromatic nitrogens is 1. The molecule has 0 saturated heterocycles. The molecule has 0 spiro atoms. The monoisotopic (exact) mass is 357 g/mol. The summed E-state index contributed by atoms with van der Waals surface area (Å²) in [6.07, 6.45) is 4.34. The third-order valence-electron chi connectivity index (χ3n) is 4.63. The molecule has 1 aromatic heterocycles. The molecule has 2 amide bonds. The first-order valence-corrected chi connectivity index (χ1v) is 8.89. The summed E-state index contributed by atoms with van der Waals surface area (Å²) in [6, 6.07) is 18.9. The number of rotatable bonds is 4. The molecule has 3 aromatic rings. The van der Waals surface area contributed by atoms with E-state index in [2.05, 4.69) is 10.3 Å². The molecule has 27 heavy (non-hydrogen) atoms. The van der Waals surface area contributed by atoms with Gasteiger partial charge in [-0.3, -0.25) is 14.6 Å². The first-order valence-electron chi connectivity index (χ1n) is 8.89. The lowest BCUT2D eigenvalue weighted by Crippen LogP contribution is -2.29. The van der Waals surface area contributed by atoms with Gasteiger partial charge in [-0.25, -0.2) is 0 Å². The predicted molar refractivity (Wildman–Crippen MR) is 105 cm³/mol. The lowest BCUT2D eigenvalue weighted by Gasteiger charge is -2.18. The summed E-state index contributed by atoms with van der Waals surface area (Å²) >= 11 is 0. The van der Waals surface area contributed by atoms with Crippen molar-refractivity contribution in [2.75, 3.05) is 16.8 Å². The molecule has 1 N–H and O–H groups in total. The van der Waals surface area contributed by atoms with Gasteiger partial charge in [0.1, 0.15) is 0 Å². The number of benzene rings is 2. The van der Waals surface area contributed by atoms with Crippen molar-refractivity contribution < 1.29 is 9.59 Å².